The maximum atomic E-state index is 9.47. The van der Waals surface area contributed by atoms with Gasteiger partial charge in [-0.1, -0.05) is 24.6 Å². The van der Waals surface area contributed by atoms with Crippen LogP contribution >= 0.6 is 27.5 Å². The molecule has 1 unspecified atom stereocenters. The minimum Gasteiger partial charge on any atom is -0.388 e. The van der Waals surface area contributed by atoms with Gasteiger partial charge in [-0.3, -0.25) is 0 Å². The smallest absolute Gasteiger partial charge is 0.0788 e. The molecular formula is C9H10BrClO. The molecule has 0 fully saturated rings. The zero-order valence-electron chi connectivity index (χ0n) is 6.72. The van der Waals surface area contributed by atoms with E-state index >= 15 is 0 Å². The van der Waals surface area contributed by atoms with Crippen molar-refractivity contribution in [1.82, 2.24) is 0 Å². The fourth-order valence-electron chi connectivity index (χ4n) is 0.955. The summed E-state index contributed by atoms with van der Waals surface area (Å²) in [7, 11) is 0. The Balaban J connectivity index is 2.96. The van der Waals surface area contributed by atoms with E-state index in [4.69, 9.17) is 11.6 Å². The van der Waals surface area contributed by atoms with E-state index in [9.17, 15) is 5.11 Å². The van der Waals surface area contributed by atoms with E-state index in [1.54, 1.807) is 6.07 Å². The molecule has 1 aromatic rings. The molecule has 1 aromatic carbocycles. The quantitative estimate of drug-likeness (QED) is 0.850. The first-order valence-electron chi connectivity index (χ1n) is 3.78. The molecule has 1 N–H and O–H groups in total. The number of hydrogen-bond acceptors (Lipinski definition) is 1. The summed E-state index contributed by atoms with van der Waals surface area (Å²) in [6.45, 7) is 1.93. The average molecular weight is 250 g/mol. The molecule has 0 spiro atoms. The van der Waals surface area contributed by atoms with Crippen LogP contribution in [0.25, 0.3) is 0 Å². The van der Waals surface area contributed by atoms with Gasteiger partial charge in [-0.15, -0.1) is 0 Å². The lowest BCUT2D eigenvalue weighted by molar-refractivity contribution is 0.173. The Labute approximate surface area is 85.5 Å². The van der Waals surface area contributed by atoms with Crippen molar-refractivity contribution in [2.45, 2.75) is 19.4 Å². The summed E-state index contributed by atoms with van der Waals surface area (Å²) in [5.74, 6) is 0. The van der Waals surface area contributed by atoms with Crippen molar-refractivity contribution in [3.05, 3.63) is 33.3 Å². The maximum Gasteiger partial charge on any atom is 0.0788 e. The van der Waals surface area contributed by atoms with Crippen LogP contribution in [0.1, 0.15) is 25.0 Å². The van der Waals surface area contributed by atoms with Gasteiger partial charge in [0.25, 0.3) is 0 Å². The van der Waals surface area contributed by atoms with Crippen LogP contribution in [0.3, 0.4) is 0 Å². The van der Waals surface area contributed by atoms with E-state index < -0.39 is 6.10 Å². The largest absolute Gasteiger partial charge is 0.388 e. The number of aliphatic hydroxyl groups excluding tert-OH is 1. The molecule has 0 radical (unpaired) electrons. The summed E-state index contributed by atoms with van der Waals surface area (Å²) in [5.41, 5.74) is 0.866. The summed E-state index contributed by atoms with van der Waals surface area (Å²) in [5, 5.41) is 10.1. The summed E-state index contributed by atoms with van der Waals surface area (Å²) in [6, 6.07) is 5.49. The second kappa shape index (κ2) is 4.26. The van der Waals surface area contributed by atoms with Crippen molar-refractivity contribution >= 4 is 27.5 Å². The van der Waals surface area contributed by atoms with Crippen molar-refractivity contribution in [1.29, 1.82) is 0 Å². The highest BCUT2D eigenvalue weighted by Crippen LogP contribution is 2.26. The highest BCUT2D eigenvalue weighted by molar-refractivity contribution is 9.10. The number of rotatable bonds is 2. The van der Waals surface area contributed by atoms with Crippen LogP contribution in [-0.2, 0) is 0 Å². The van der Waals surface area contributed by atoms with Crippen molar-refractivity contribution in [2.24, 2.45) is 0 Å². The third kappa shape index (κ3) is 2.22. The first kappa shape index (κ1) is 10.0. The van der Waals surface area contributed by atoms with Gasteiger partial charge in [0.15, 0.2) is 0 Å². The molecule has 12 heavy (non-hydrogen) atoms. The van der Waals surface area contributed by atoms with Crippen molar-refractivity contribution in [3.8, 4) is 0 Å². The molecule has 0 aliphatic rings. The van der Waals surface area contributed by atoms with Gasteiger partial charge < -0.3 is 5.11 Å². The highest BCUT2D eigenvalue weighted by atomic mass is 79.9. The average Bonchev–Trinajstić information content (AvgIpc) is 2.08. The number of benzene rings is 1. The van der Waals surface area contributed by atoms with Gasteiger partial charge in [-0.25, -0.2) is 0 Å². The first-order valence-corrected chi connectivity index (χ1v) is 4.95. The Morgan fingerprint density at radius 1 is 1.58 bits per heavy atom. The standard InChI is InChI=1S/C9H10BrClO/c1-2-9(12)6-3-4-7(10)8(11)5-6/h3-5,9,12H,2H2,1H3. The summed E-state index contributed by atoms with van der Waals surface area (Å²) in [6.07, 6.45) is 0.299. The van der Waals surface area contributed by atoms with Crippen LogP contribution in [0.2, 0.25) is 5.02 Å². The van der Waals surface area contributed by atoms with Gasteiger partial charge in [0.1, 0.15) is 0 Å². The maximum absolute atomic E-state index is 9.47. The van der Waals surface area contributed by atoms with E-state index in [-0.39, 0.29) is 0 Å². The van der Waals surface area contributed by atoms with Gasteiger partial charge in [0.05, 0.1) is 11.1 Å². The molecule has 0 heterocycles. The third-order valence-corrected chi connectivity index (χ3v) is 2.95. The van der Waals surface area contributed by atoms with Crippen LogP contribution in [0.15, 0.2) is 22.7 Å². The van der Waals surface area contributed by atoms with E-state index in [2.05, 4.69) is 15.9 Å². The monoisotopic (exact) mass is 248 g/mol. The predicted molar refractivity (Wildman–Crippen MR) is 54.4 cm³/mol. The van der Waals surface area contributed by atoms with E-state index in [0.29, 0.717) is 11.4 Å². The minimum absolute atomic E-state index is 0.407. The molecule has 0 aliphatic carbocycles. The summed E-state index contributed by atoms with van der Waals surface area (Å²) in [4.78, 5) is 0. The topological polar surface area (TPSA) is 20.2 Å². The van der Waals surface area contributed by atoms with Crippen LogP contribution in [0.4, 0.5) is 0 Å². The van der Waals surface area contributed by atoms with E-state index in [1.807, 2.05) is 19.1 Å². The van der Waals surface area contributed by atoms with Gasteiger partial charge in [-0.2, -0.15) is 0 Å². The first-order chi connectivity index (χ1) is 5.65. The molecule has 1 rings (SSSR count). The van der Waals surface area contributed by atoms with Gasteiger partial charge in [-0.05, 0) is 40.0 Å². The molecule has 0 amide bonds. The van der Waals surface area contributed by atoms with Crippen molar-refractivity contribution < 1.29 is 5.11 Å². The summed E-state index contributed by atoms with van der Waals surface area (Å²) < 4.78 is 0.858. The Morgan fingerprint density at radius 2 is 2.25 bits per heavy atom. The van der Waals surface area contributed by atoms with Gasteiger partial charge in [0, 0.05) is 4.47 Å². The molecule has 1 nitrogen and oxygen atoms in total. The lowest BCUT2D eigenvalue weighted by Crippen LogP contribution is -1.94. The van der Waals surface area contributed by atoms with Crippen LogP contribution < -0.4 is 0 Å². The Hall–Kier alpha value is -0.0500. The SMILES string of the molecule is CCC(O)c1ccc(Br)c(Cl)c1. The molecule has 3 heteroatoms. The minimum atomic E-state index is -0.407. The van der Waals surface area contributed by atoms with Crippen LogP contribution in [-0.4, -0.2) is 5.11 Å². The number of halogens is 2. The fourth-order valence-corrected chi connectivity index (χ4v) is 1.39. The normalized spacial score (nSPS) is 13.0. The fraction of sp³-hybridized carbons (Fsp3) is 0.333. The molecule has 0 saturated carbocycles. The van der Waals surface area contributed by atoms with Crippen molar-refractivity contribution in [2.75, 3.05) is 0 Å². The molecule has 66 valence electrons. The molecule has 0 aromatic heterocycles. The van der Waals surface area contributed by atoms with Crippen molar-refractivity contribution in [3.63, 3.8) is 0 Å². The van der Waals surface area contributed by atoms with E-state index in [1.165, 1.54) is 0 Å². The second-order valence-corrected chi connectivity index (χ2v) is 3.86. The van der Waals surface area contributed by atoms with Crippen LogP contribution in [0, 0.1) is 0 Å². The number of aliphatic hydroxyl groups is 1. The molecule has 1 atom stereocenters. The van der Waals surface area contributed by atoms with Gasteiger partial charge in [0.2, 0.25) is 0 Å². The third-order valence-electron chi connectivity index (χ3n) is 1.72. The Morgan fingerprint density at radius 3 is 2.75 bits per heavy atom. The molecule has 0 bridgehead atoms. The highest BCUT2D eigenvalue weighted by Gasteiger charge is 2.06. The predicted octanol–water partition coefficient (Wildman–Crippen LogP) is 3.55. The summed E-state index contributed by atoms with van der Waals surface area (Å²) >= 11 is 9.14. The zero-order chi connectivity index (χ0) is 9.14. The van der Waals surface area contributed by atoms with Crippen LogP contribution in [0.5, 0.6) is 0 Å². The lowest BCUT2D eigenvalue weighted by Gasteiger charge is -2.08. The Kier molecular flexibility index (Phi) is 3.56. The zero-order valence-corrected chi connectivity index (χ0v) is 9.06. The van der Waals surface area contributed by atoms with E-state index in [0.717, 1.165) is 10.0 Å². The van der Waals surface area contributed by atoms with Gasteiger partial charge >= 0.3 is 0 Å². The molecule has 0 aliphatic heterocycles. The second-order valence-electron chi connectivity index (χ2n) is 2.60. The Bertz CT molecular complexity index is 275. The number of hydrogen-bond donors (Lipinski definition) is 1. The molecule has 0 saturated heterocycles. The molecular weight excluding hydrogens is 239 g/mol. The lowest BCUT2D eigenvalue weighted by atomic mass is 10.1.